The molecule has 3 atom stereocenters. The Morgan fingerprint density at radius 1 is 1.36 bits per heavy atom. The van der Waals surface area contributed by atoms with Gasteiger partial charge in [-0.3, -0.25) is 18.7 Å². The number of primary sulfonamides is 1. The van der Waals surface area contributed by atoms with Crippen molar-refractivity contribution in [1.29, 1.82) is 0 Å². The molecule has 1 aromatic rings. The van der Waals surface area contributed by atoms with Crippen molar-refractivity contribution in [2.24, 2.45) is 5.14 Å². The number of carbonyl (C=O) groups excluding carboxylic acids is 2. The van der Waals surface area contributed by atoms with Gasteiger partial charge in [-0.2, -0.15) is 13.2 Å². The van der Waals surface area contributed by atoms with Crippen LogP contribution in [0.1, 0.15) is 0 Å². The summed E-state index contributed by atoms with van der Waals surface area (Å²) in [6.45, 7) is -0.129. The first kappa shape index (κ1) is 28.3. The number of aromatic nitrogens is 4. The van der Waals surface area contributed by atoms with E-state index in [2.05, 4.69) is 20.8 Å². The van der Waals surface area contributed by atoms with Gasteiger partial charge in [0.25, 0.3) is 5.91 Å². The highest BCUT2D eigenvalue weighted by molar-refractivity contribution is 8.01. The van der Waals surface area contributed by atoms with Crippen LogP contribution < -0.4 is 10.5 Å². The SMILES string of the molecule is NS(=O)(=O)CCn1nnnc1SCC1=C(C(=O)O)N2C(=O)C(NC(=O)CS(=O)CC(F)(F)F)C2SC1. The van der Waals surface area contributed by atoms with Gasteiger partial charge in [0.2, 0.25) is 21.1 Å². The molecule has 3 rings (SSSR count). The first-order valence-electron chi connectivity index (χ1n) is 9.67. The number of hydrogen-bond acceptors (Lipinski definition) is 11. The number of carboxylic acids is 1. The van der Waals surface area contributed by atoms with Crippen molar-refractivity contribution in [1.82, 2.24) is 30.4 Å². The summed E-state index contributed by atoms with van der Waals surface area (Å²) < 4.78 is 71.9. The van der Waals surface area contributed by atoms with Gasteiger partial charge in [-0.15, -0.1) is 16.9 Å². The molecule has 0 aromatic carbocycles. The van der Waals surface area contributed by atoms with Gasteiger partial charge in [0.1, 0.15) is 28.6 Å². The highest BCUT2D eigenvalue weighted by Gasteiger charge is 2.54. The average molecular weight is 594 g/mol. The largest absolute Gasteiger partial charge is 0.477 e. The summed E-state index contributed by atoms with van der Waals surface area (Å²) in [6, 6.07) is -1.18. The Balaban J connectivity index is 1.65. The van der Waals surface area contributed by atoms with Crippen LogP contribution in [0.5, 0.6) is 0 Å². The monoisotopic (exact) mass is 593 g/mol. The molecule has 0 saturated carbocycles. The van der Waals surface area contributed by atoms with Crippen LogP contribution in [0.2, 0.25) is 0 Å². The molecule has 0 radical (unpaired) electrons. The second kappa shape index (κ2) is 11.0. The number of tetrazole rings is 1. The number of aliphatic carboxylic acids is 1. The number of alkyl halides is 3. The van der Waals surface area contributed by atoms with E-state index in [9.17, 15) is 45.3 Å². The van der Waals surface area contributed by atoms with Crippen LogP contribution >= 0.6 is 23.5 Å². The number of sulfonamides is 1. The molecule has 200 valence electrons. The molecular weight excluding hydrogens is 575 g/mol. The molecule has 4 N–H and O–H groups in total. The molecule has 3 unspecified atom stereocenters. The van der Waals surface area contributed by atoms with Gasteiger partial charge in [-0.05, 0) is 16.0 Å². The number of nitrogens with zero attached hydrogens (tertiary/aromatic N) is 5. The molecule has 0 spiro atoms. The van der Waals surface area contributed by atoms with Crippen molar-refractivity contribution in [3.05, 3.63) is 11.3 Å². The Bertz CT molecular complexity index is 1220. The fourth-order valence-corrected chi connectivity index (χ4v) is 6.85. The van der Waals surface area contributed by atoms with Crippen LogP contribution in [0, 0.1) is 0 Å². The van der Waals surface area contributed by atoms with Crippen molar-refractivity contribution in [3.8, 4) is 0 Å². The highest BCUT2D eigenvalue weighted by Crippen LogP contribution is 2.41. The maximum Gasteiger partial charge on any atom is 0.400 e. The van der Waals surface area contributed by atoms with E-state index in [0.717, 1.165) is 28.4 Å². The zero-order valence-corrected chi connectivity index (χ0v) is 21.1. The standard InChI is InChI=1S/C15H18F3N7O7S4/c16-15(17,18)6-35(30)5-8(26)20-9-11(27)25-10(13(28)29)7(3-33-12(9)25)4-34-14-21-22-23-24(14)1-2-36(19,31)32/h9,12H,1-6H2,(H,20,26)(H,28,29)(H2,19,31,32). The summed E-state index contributed by atoms with van der Waals surface area (Å²) >= 11 is 2.13. The van der Waals surface area contributed by atoms with Crippen LogP contribution in [0.4, 0.5) is 13.2 Å². The lowest BCUT2D eigenvalue weighted by Gasteiger charge is -2.49. The summed E-state index contributed by atoms with van der Waals surface area (Å²) in [6.07, 6.45) is -4.71. The number of hydrogen-bond donors (Lipinski definition) is 3. The van der Waals surface area contributed by atoms with Crippen LogP contribution in [0.3, 0.4) is 0 Å². The quantitative estimate of drug-likeness (QED) is 0.190. The topological polar surface area (TPSA) is 208 Å². The third-order valence-electron chi connectivity index (χ3n) is 4.65. The summed E-state index contributed by atoms with van der Waals surface area (Å²) in [5.41, 5.74) is 0.0186. The van der Waals surface area contributed by atoms with E-state index < -0.39 is 73.5 Å². The Hall–Kier alpha value is -2.23. The Morgan fingerprint density at radius 3 is 2.67 bits per heavy atom. The number of amides is 2. The molecule has 1 aromatic heterocycles. The van der Waals surface area contributed by atoms with Gasteiger partial charge < -0.3 is 10.4 Å². The Labute approximate surface area is 212 Å². The van der Waals surface area contributed by atoms with Crippen LogP contribution in [-0.4, -0.2) is 107 Å². The lowest BCUT2D eigenvalue weighted by Crippen LogP contribution is -2.70. The third-order valence-corrected chi connectivity index (χ3v) is 9.01. The van der Waals surface area contributed by atoms with Crippen LogP contribution in [0.15, 0.2) is 16.4 Å². The molecule has 1 saturated heterocycles. The molecule has 2 aliphatic heterocycles. The number of carbonyl (C=O) groups is 3. The maximum absolute atomic E-state index is 12.6. The van der Waals surface area contributed by atoms with Crippen molar-refractivity contribution in [2.75, 3.05) is 28.8 Å². The molecule has 0 aliphatic carbocycles. The van der Waals surface area contributed by atoms with Crippen molar-refractivity contribution in [2.45, 2.75) is 29.3 Å². The number of nitrogens with two attached hydrogens (primary N) is 1. The smallest absolute Gasteiger partial charge is 0.400 e. The van der Waals surface area contributed by atoms with E-state index in [0.29, 0.717) is 5.57 Å². The van der Waals surface area contributed by atoms with E-state index in [1.807, 2.05) is 0 Å². The number of nitrogens with one attached hydrogen (secondary N) is 1. The lowest BCUT2D eigenvalue weighted by atomic mass is 10.0. The first-order valence-corrected chi connectivity index (χ1v) is 14.9. The van der Waals surface area contributed by atoms with Gasteiger partial charge in [-0.25, -0.2) is 23.0 Å². The fraction of sp³-hybridized carbons (Fsp3) is 0.600. The average Bonchev–Trinajstić information content (AvgIpc) is 3.19. The predicted octanol–water partition coefficient (Wildman–Crippen LogP) is -1.90. The van der Waals surface area contributed by atoms with Crippen LogP contribution in [0.25, 0.3) is 0 Å². The zero-order valence-electron chi connectivity index (χ0n) is 17.9. The van der Waals surface area contributed by atoms with Crippen molar-refractivity contribution < 1.29 is 45.3 Å². The number of halogens is 3. The fourth-order valence-electron chi connectivity index (χ4n) is 3.19. The zero-order chi connectivity index (χ0) is 26.8. The van der Waals surface area contributed by atoms with E-state index >= 15 is 0 Å². The number of thioether (sulfide) groups is 2. The normalized spacial score (nSPS) is 21.1. The summed E-state index contributed by atoms with van der Waals surface area (Å²) in [7, 11) is -6.28. The van der Waals surface area contributed by atoms with E-state index in [4.69, 9.17) is 5.14 Å². The van der Waals surface area contributed by atoms with E-state index in [1.54, 1.807) is 0 Å². The molecule has 0 bridgehead atoms. The number of aryl methyl sites for hydroxylation is 1. The minimum absolute atomic E-state index is 0.0360. The first-order chi connectivity index (χ1) is 16.7. The second-order valence-corrected chi connectivity index (χ2v) is 12.6. The summed E-state index contributed by atoms with van der Waals surface area (Å²) in [4.78, 5) is 37.5. The third kappa shape index (κ3) is 7.17. The van der Waals surface area contributed by atoms with Gasteiger partial charge in [0, 0.05) is 22.3 Å². The minimum Gasteiger partial charge on any atom is -0.477 e. The van der Waals surface area contributed by atoms with Gasteiger partial charge >= 0.3 is 12.1 Å². The Morgan fingerprint density at radius 2 is 2.06 bits per heavy atom. The molecule has 21 heteroatoms. The van der Waals surface area contributed by atoms with Crippen molar-refractivity contribution in [3.63, 3.8) is 0 Å². The molecule has 2 aliphatic rings. The lowest BCUT2D eigenvalue weighted by molar-refractivity contribution is -0.150. The molecule has 14 nitrogen and oxygen atoms in total. The van der Waals surface area contributed by atoms with E-state index in [-0.39, 0.29) is 28.9 Å². The predicted molar refractivity (Wildman–Crippen MR) is 120 cm³/mol. The molecule has 3 heterocycles. The number of fused-ring (bicyclic) bond motifs is 1. The van der Waals surface area contributed by atoms with E-state index in [1.165, 1.54) is 4.68 Å². The summed E-state index contributed by atoms with van der Waals surface area (Å²) in [5, 5.41) is 27.1. The van der Waals surface area contributed by atoms with Crippen molar-refractivity contribution >= 4 is 62.1 Å². The van der Waals surface area contributed by atoms with Gasteiger partial charge in [0.15, 0.2) is 0 Å². The Kier molecular flexibility index (Phi) is 8.68. The summed E-state index contributed by atoms with van der Waals surface area (Å²) in [5.74, 6) is -6.08. The molecule has 1 fully saturated rings. The molecular formula is C15H18F3N7O7S4. The van der Waals surface area contributed by atoms with Gasteiger partial charge in [0.05, 0.1) is 12.3 Å². The van der Waals surface area contributed by atoms with Gasteiger partial charge in [-0.1, -0.05) is 11.8 Å². The highest BCUT2D eigenvalue weighted by atomic mass is 32.2. The number of rotatable bonds is 11. The second-order valence-electron chi connectivity index (χ2n) is 7.40. The van der Waals surface area contributed by atoms with Crippen LogP contribution in [-0.2, 0) is 41.8 Å². The maximum atomic E-state index is 12.6. The molecule has 2 amide bonds. The number of carboxylic acid groups (broad SMARTS) is 1. The molecule has 36 heavy (non-hydrogen) atoms. The minimum atomic E-state index is -4.71. The number of β-lactam (4-membered cyclic amide) rings is 1.